The zero-order valence-electron chi connectivity index (χ0n) is 15.3. The minimum atomic E-state index is 0.0992. The van der Waals surface area contributed by atoms with Crippen LogP contribution in [0.1, 0.15) is 38.2 Å². The molecule has 1 aliphatic heterocycles. The number of hydrogen-bond acceptors (Lipinski definition) is 5. The summed E-state index contributed by atoms with van der Waals surface area (Å²) >= 11 is 0. The minimum Gasteiger partial charge on any atom is -0.354 e. The van der Waals surface area contributed by atoms with Crippen molar-refractivity contribution in [1.82, 2.24) is 15.2 Å². The Kier molecular flexibility index (Phi) is 6.26. The molecule has 2 aliphatic rings. The Morgan fingerprint density at radius 3 is 2.68 bits per heavy atom. The molecule has 25 heavy (non-hydrogen) atoms. The van der Waals surface area contributed by atoms with Crippen LogP contribution in [-0.2, 0) is 11.3 Å². The van der Waals surface area contributed by atoms with E-state index in [0.29, 0.717) is 18.9 Å². The average molecular weight is 345 g/mol. The number of amides is 1. The summed E-state index contributed by atoms with van der Waals surface area (Å²) in [7, 11) is 0. The molecule has 0 spiro atoms. The third-order valence-electron chi connectivity index (χ3n) is 5.61. The fourth-order valence-electron chi connectivity index (χ4n) is 3.83. The molecule has 6 heteroatoms. The number of hydrogen-bond donors (Lipinski definition) is 2. The maximum Gasteiger partial charge on any atom is 0.220 e. The van der Waals surface area contributed by atoms with Gasteiger partial charge in [0.05, 0.1) is 0 Å². The standard InChI is InChI=1S/C19H31N5O/c1-2-23-8-10-24(11-9-23)18-7-6-15(13-21-18)14-22-19(25)12-16-4-3-5-17(16)20/h6-7,13,16-17H,2-5,8-12,14,20H2,1H3,(H,22,25)/t16-,17+/m0/s1. The highest BCUT2D eigenvalue weighted by molar-refractivity contribution is 5.76. The number of aromatic nitrogens is 1. The lowest BCUT2D eigenvalue weighted by Gasteiger charge is -2.34. The summed E-state index contributed by atoms with van der Waals surface area (Å²) in [4.78, 5) is 21.5. The molecular weight excluding hydrogens is 314 g/mol. The lowest BCUT2D eigenvalue weighted by Crippen LogP contribution is -2.46. The summed E-state index contributed by atoms with van der Waals surface area (Å²) < 4.78 is 0. The van der Waals surface area contributed by atoms with Crippen molar-refractivity contribution in [3.8, 4) is 0 Å². The Bertz CT molecular complexity index is 553. The van der Waals surface area contributed by atoms with Gasteiger partial charge in [-0.05, 0) is 36.9 Å². The Balaban J connectivity index is 1.44. The van der Waals surface area contributed by atoms with Gasteiger partial charge in [-0.25, -0.2) is 4.98 Å². The van der Waals surface area contributed by atoms with Crippen LogP contribution in [0.25, 0.3) is 0 Å². The summed E-state index contributed by atoms with van der Waals surface area (Å²) in [6, 6.07) is 4.33. The number of anilines is 1. The molecule has 3 rings (SSSR count). The fraction of sp³-hybridized carbons (Fsp3) is 0.684. The van der Waals surface area contributed by atoms with Gasteiger partial charge in [0, 0.05) is 51.4 Å². The second-order valence-electron chi connectivity index (χ2n) is 7.28. The summed E-state index contributed by atoms with van der Waals surface area (Å²) in [6.07, 6.45) is 5.71. The first kappa shape index (κ1) is 18.1. The first-order valence-corrected chi connectivity index (χ1v) is 9.60. The smallest absolute Gasteiger partial charge is 0.220 e. The Labute approximate surface area is 150 Å². The van der Waals surface area contributed by atoms with E-state index >= 15 is 0 Å². The molecule has 0 bridgehead atoms. The molecule has 3 N–H and O–H groups in total. The monoisotopic (exact) mass is 345 g/mol. The van der Waals surface area contributed by atoms with Gasteiger partial charge in [-0.2, -0.15) is 0 Å². The van der Waals surface area contributed by atoms with E-state index in [0.717, 1.165) is 63.4 Å². The number of rotatable bonds is 6. The van der Waals surface area contributed by atoms with Crippen LogP contribution < -0.4 is 16.0 Å². The van der Waals surface area contributed by atoms with Gasteiger partial charge in [0.25, 0.3) is 0 Å². The molecule has 0 radical (unpaired) electrons. The highest BCUT2D eigenvalue weighted by atomic mass is 16.1. The normalized spacial score (nSPS) is 24.5. The molecule has 1 amide bonds. The maximum absolute atomic E-state index is 12.1. The van der Waals surface area contributed by atoms with Crippen molar-refractivity contribution < 1.29 is 4.79 Å². The molecule has 2 atom stereocenters. The Morgan fingerprint density at radius 1 is 1.28 bits per heavy atom. The SMILES string of the molecule is CCN1CCN(c2ccc(CNC(=O)C[C@@H]3CCC[C@H]3N)cn2)CC1. The quantitative estimate of drug-likeness (QED) is 0.814. The Morgan fingerprint density at radius 2 is 2.08 bits per heavy atom. The van der Waals surface area contributed by atoms with Gasteiger partial charge in [0.15, 0.2) is 0 Å². The second-order valence-corrected chi connectivity index (χ2v) is 7.28. The lowest BCUT2D eigenvalue weighted by molar-refractivity contribution is -0.122. The van der Waals surface area contributed by atoms with Crippen molar-refractivity contribution in [1.29, 1.82) is 0 Å². The van der Waals surface area contributed by atoms with Gasteiger partial charge < -0.3 is 20.9 Å². The summed E-state index contributed by atoms with van der Waals surface area (Å²) in [5.74, 6) is 1.48. The number of nitrogens with one attached hydrogen (secondary N) is 1. The van der Waals surface area contributed by atoms with Gasteiger partial charge in [-0.3, -0.25) is 4.79 Å². The highest BCUT2D eigenvalue weighted by Gasteiger charge is 2.25. The number of carbonyl (C=O) groups is 1. The van der Waals surface area contributed by atoms with Crippen LogP contribution in [0.2, 0.25) is 0 Å². The number of pyridine rings is 1. The van der Waals surface area contributed by atoms with Crippen molar-refractivity contribution in [2.45, 2.75) is 45.2 Å². The molecule has 1 aromatic rings. The molecule has 6 nitrogen and oxygen atoms in total. The average Bonchev–Trinajstić information content (AvgIpc) is 3.05. The number of likely N-dealkylation sites (N-methyl/N-ethyl adjacent to an activating group) is 1. The number of nitrogens with two attached hydrogens (primary N) is 1. The van der Waals surface area contributed by atoms with Gasteiger partial charge in [-0.15, -0.1) is 0 Å². The van der Waals surface area contributed by atoms with Crippen molar-refractivity contribution in [2.75, 3.05) is 37.6 Å². The van der Waals surface area contributed by atoms with Crippen LogP contribution >= 0.6 is 0 Å². The lowest BCUT2D eigenvalue weighted by atomic mass is 10.00. The van der Waals surface area contributed by atoms with E-state index in [1.807, 2.05) is 6.20 Å². The van der Waals surface area contributed by atoms with Gasteiger partial charge in [-0.1, -0.05) is 19.4 Å². The topological polar surface area (TPSA) is 74.5 Å². The number of nitrogens with zero attached hydrogens (tertiary/aromatic N) is 3. The summed E-state index contributed by atoms with van der Waals surface area (Å²) in [5.41, 5.74) is 7.08. The van der Waals surface area contributed by atoms with Crippen molar-refractivity contribution in [3.63, 3.8) is 0 Å². The van der Waals surface area contributed by atoms with Gasteiger partial charge in [0.2, 0.25) is 5.91 Å². The number of piperazine rings is 1. The molecule has 1 saturated carbocycles. The van der Waals surface area contributed by atoms with Crippen molar-refractivity contribution >= 4 is 11.7 Å². The zero-order chi connectivity index (χ0) is 17.6. The molecule has 138 valence electrons. The second kappa shape index (κ2) is 8.63. The third-order valence-corrected chi connectivity index (χ3v) is 5.61. The molecule has 1 saturated heterocycles. The maximum atomic E-state index is 12.1. The van der Waals surface area contributed by atoms with E-state index in [4.69, 9.17) is 5.73 Å². The van der Waals surface area contributed by atoms with E-state index in [1.54, 1.807) is 0 Å². The fourth-order valence-corrected chi connectivity index (χ4v) is 3.83. The predicted octanol–water partition coefficient (Wildman–Crippen LogP) is 1.36. The summed E-state index contributed by atoms with van der Waals surface area (Å²) in [6.45, 7) is 8.11. The van der Waals surface area contributed by atoms with Crippen LogP contribution in [0.15, 0.2) is 18.3 Å². The highest BCUT2D eigenvalue weighted by Crippen LogP contribution is 2.26. The van der Waals surface area contributed by atoms with Crippen molar-refractivity contribution in [3.05, 3.63) is 23.9 Å². The molecule has 2 fully saturated rings. The molecule has 2 heterocycles. The molecule has 0 aromatic carbocycles. The van der Waals surface area contributed by atoms with E-state index in [-0.39, 0.29) is 11.9 Å². The van der Waals surface area contributed by atoms with Crippen LogP contribution in [0.5, 0.6) is 0 Å². The Hall–Kier alpha value is -1.66. The van der Waals surface area contributed by atoms with Crippen LogP contribution in [0.3, 0.4) is 0 Å². The van der Waals surface area contributed by atoms with E-state index < -0.39 is 0 Å². The van der Waals surface area contributed by atoms with E-state index in [2.05, 4.69) is 39.2 Å². The largest absolute Gasteiger partial charge is 0.354 e. The van der Waals surface area contributed by atoms with E-state index in [1.165, 1.54) is 0 Å². The van der Waals surface area contributed by atoms with Gasteiger partial charge >= 0.3 is 0 Å². The molecular formula is C19H31N5O. The molecule has 0 unspecified atom stereocenters. The van der Waals surface area contributed by atoms with Crippen LogP contribution in [0, 0.1) is 5.92 Å². The van der Waals surface area contributed by atoms with Crippen LogP contribution in [0.4, 0.5) is 5.82 Å². The van der Waals surface area contributed by atoms with Gasteiger partial charge in [0.1, 0.15) is 5.82 Å². The zero-order valence-corrected chi connectivity index (χ0v) is 15.3. The molecule has 1 aliphatic carbocycles. The molecule has 1 aromatic heterocycles. The first-order chi connectivity index (χ1) is 12.2. The first-order valence-electron chi connectivity index (χ1n) is 9.60. The minimum absolute atomic E-state index is 0.0992. The third kappa shape index (κ3) is 4.92. The van der Waals surface area contributed by atoms with Crippen LogP contribution in [-0.4, -0.2) is 54.6 Å². The number of carbonyl (C=O) groups excluding carboxylic acids is 1. The van der Waals surface area contributed by atoms with E-state index in [9.17, 15) is 4.79 Å². The predicted molar refractivity (Wildman–Crippen MR) is 100 cm³/mol. The summed E-state index contributed by atoms with van der Waals surface area (Å²) in [5, 5.41) is 3.00. The van der Waals surface area contributed by atoms with Crippen molar-refractivity contribution in [2.24, 2.45) is 11.7 Å².